The molecule has 0 fully saturated rings. The summed E-state index contributed by atoms with van der Waals surface area (Å²) in [6, 6.07) is 4.87. The summed E-state index contributed by atoms with van der Waals surface area (Å²) in [6.07, 6.45) is 4.04. The van der Waals surface area contributed by atoms with Crippen molar-refractivity contribution in [3.63, 3.8) is 0 Å². The average Bonchev–Trinajstić information content (AvgIpc) is 2.78. The molecule has 0 aliphatic carbocycles. The second-order valence-corrected chi connectivity index (χ2v) is 6.31. The fourth-order valence-electron chi connectivity index (χ4n) is 1.93. The van der Waals surface area contributed by atoms with Gasteiger partial charge in [0.25, 0.3) is 0 Å². The van der Waals surface area contributed by atoms with Gasteiger partial charge in [0.05, 0.1) is 4.90 Å². The van der Waals surface area contributed by atoms with E-state index in [4.69, 9.17) is 5.73 Å². The summed E-state index contributed by atoms with van der Waals surface area (Å²) in [4.78, 5) is 4.37. The Morgan fingerprint density at radius 3 is 2.80 bits per heavy atom. The summed E-state index contributed by atoms with van der Waals surface area (Å²) < 4.78 is 28.9. The van der Waals surface area contributed by atoms with Crippen LogP contribution < -0.4 is 10.5 Å². The standard InChI is InChI=1S/C13H18N4O2S/c1-10-11(14)4-3-5-12(10)20(18,19)16-7-6-13-15-8-9-17(13)2/h3-5,8-9,16H,6-7,14H2,1-2H3. The highest BCUT2D eigenvalue weighted by atomic mass is 32.2. The van der Waals surface area contributed by atoms with Gasteiger partial charge in [0.2, 0.25) is 10.0 Å². The lowest BCUT2D eigenvalue weighted by Crippen LogP contribution is -2.27. The van der Waals surface area contributed by atoms with Gasteiger partial charge in [-0.05, 0) is 24.6 Å². The first-order chi connectivity index (χ1) is 9.42. The third kappa shape index (κ3) is 3.00. The molecule has 7 heteroatoms. The van der Waals surface area contributed by atoms with E-state index in [0.717, 1.165) is 5.82 Å². The molecule has 6 nitrogen and oxygen atoms in total. The molecular formula is C13H18N4O2S. The second-order valence-electron chi connectivity index (χ2n) is 4.57. The fraction of sp³-hybridized carbons (Fsp3) is 0.308. The van der Waals surface area contributed by atoms with E-state index in [1.165, 1.54) is 0 Å². The molecule has 20 heavy (non-hydrogen) atoms. The van der Waals surface area contributed by atoms with Gasteiger partial charge in [-0.1, -0.05) is 6.07 Å². The van der Waals surface area contributed by atoms with E-state index in [1.54, 1.807) is 31.3 Å². The van der Waals surface area contributed by atoms with Gasteiger partial charge < -0.3 is 10.3 Å². The van der Waals surface area contributed by atoms with Crippen LogP contribution in [0.1, 0.15) is 11.4 Å². The Labute approximate surface area is 118 Å². The van der Waals surface area contributed by atoms with Crippen LogP contribution in [0.5, 0.6) is 0 Å². The van der Waals surface area contributed by atoms with Gasteiger partial charge in [-0.25, -0.2) is 18.1 Å². The molecule has 3 N–H and O–H groups in total. The number of hydrogen-bond acceptors (Lipinski definition) is 4. The molecule has 0 radical (unpaired) electrons. The topological polar surface area (TPSA) is 90.0 Å². The maximum Gasteiger partial charge on any atom is 0.240 e. The summed E-state index contributed by atoms with van der Waals surface area (Å²) >= 11 is 0. The maximum absolute atomic E-state index is 12.2. The van der Waals surface area contributed by atoms with Crippen LogP contribution in [0.25, 0.3) is 0 Å². The van der Waals surface area contributed by atoms with Crippen LogP contribution in [-0.4, -0.2) is 24.5 Å². The molecule has 0 bridgehead atoms. The molecule has 0 saturated carbocycles. The Morgan fingerprint density at radius 2 is 2.15 bits per heavy atom. The molecule has 108 valence electrons. The molecule has 0 spiro atoms. The first kappa shape index (κ1) is 14.5. The summed E-state index contributed by atoms with van der Waals surface area (Å²) in [6.45, 7) is 1.99. The normalized spacial score (nSPS) is 11.7. The third-order valence-corrected chi connectivity index (χ3v) is 4.78. The number of rotatable bonds is 5. The third-order valence-electron chi connectivity index (χ3n) is 3.18. The number of sulfonamides is 1. The van der Waals surface area contributed by atoms with Gasteiger partial charge in [0, 0.05) is 38.1 Å². The Morgan fingerprint density at radius 1 is 1.40 bits per heavy atom. The van der Waals surface area contributed by atoms with Gasteiger partial charge >= 0.3 is 0 Å². The van der Waals surface area contributed by atoms with E-state index < -0.39 is 10.0 Å². The van der Waals surface area contributed by atoms with Gasteiger partial charge in [0.1, 0.15) is 5.82 Å². The summed E-state index contributed by atoms with van der Waals surface area (Å²) in [5.74, 6) is 0.831. The molecule has 1 aromatic carbocycles. The van der Waals surface area contributed by atoms with Crippen molar-refractivity contribution in [2.24, 2.45) is 7.05 Å². The number of aryl methyl sites for hydroxylation is 1. The van der Waals surface area contributed by atoms with Gasteiger partial charge in [-0.2, -0.15) is 0 Å². The van der Waals surface area contributed by atoms with E-state index in [0.29, 0.717) is 24.2 Å². The number of benzene rings is 1. The molecule has 1 aromatic heterocycles. The van der Waals surface area contributed by atoms with E-state index >= 15 is 0 Å². The number of nitrogens with two attached hydrogens (primary N) is 1. The van der Waals surface area contributed by atoms with Crippen molar-refractivity contribution in [2.45, 2.75) is 18.2 Å². The Bertz CT molecular complexity index is 707. The number of nitrogens with zero attached hydrogens (tertiary/aromatic N) is 2. The summed E-state index contributed by atoms with van der Waals surface area (Å²) in [7, 11) is -1.67. The number of nitrogen functional groups attached to an aromatic ring is 1. The van der Waals surface area contributed by atoms with E-state index in [9.17, 15) is 8.42 Å². The summed E-state index contributed by atoms with van der Waals surface area (Å²) in [5.41, 5.74) is 6.77. The highest BCUT2D eigenvalue weighted by molar-refractivity contribution is 7.89. The number of hydrogen-bond donors (Lipinski definition) is 2. The Hall–Kier alpha value is -1.86. The molecule has 0 unspecified atom stereocenters. The van der Waals surface area contributed by atoms with Crippen LogP contribution >= 0.6 is 0 Å². The predicted octanol–water partition coefficient (Wildman–Crippen LogP) is 0.832. The number of nitrogens with one attached hydrogen (secondary N) is 1. The molecule has 0 aliphatic heterocycles. The zero-order chi connectivity index (χ0) is 14.8. The highest BCUT2D eigenvalue weighted by Gasteiger charge is 2.17. The Kier molecular flexibility index (Phi) is 4.10. The van der Waals surface area contributed by atoms with Crippen molar-refractivity contribution in [1.82, 2.24) is 14.3 Å². The molecule has 2 rings (SSSR count). The first-order valence-corrected chi connectivity index (χ1v) is 7.71. The molecule has 0 amide bonds. The van der Waals surface area contributed by atoms with E-state index in [1.807, 2.05) is 17.8 Å². The predicted molar refractivity (Wildman–Crippen MR) is 77.7 cm³/mol. The van der Waals surface area contributed by atoms with Crippen molar-refractivity contribution in [3.8, 4) is 0 Å². The van der Waals surface area contributed by atoms with Crippen LogP contribution in [0, 0.1) is 6.92 Å². The fourth-order valence-corrected chi connectivity index (χ4v) is 3.24. The van der Waals surface area contributed by atoms with Gasteiger partial charge in [-0.3, -0.25) is 0 Å². The minimum atomic E-state index is -3.55. The lowest BCUT2D eigenvalue weighted by molar-refractivity contribution is 0.579. The molecule has 1 heterocycles. The molecule has 2 aromatic rings. The molecule has 0 aliphatic rings. The van der Waals surface area contributed by atoms with Crippen LogP contribution in [0.4, 0.5) is 5.69 Å². The van der Waals surface area contributed by atoms with Crippen molar-refractivity contribution >= 4 is 15.7 Å². The zero-order valence-corrected chi connectivity index (χ0v) is 12.3. The van der Waals surface area contributed by atoms with Crippen LogP contribution in [0.15, 0.2) is 35.5 Å². The maximum atomic E-state index is 12.2. The quantitative estimate of drug-likeness (QED) is 0.799. The van der Waals surface area contributed by atoms with Gasteiger partial charge in [-0.15, -0.1) is 0 Å². The van der Waals surface area contributed by atoms with E-state index in [-0.39, 0.29) is 4.90 Å². The SMILES string of the molecule is Cc1c(N)cccc1S(=O)(=O)NCCc1nccn1C. The Balaban J connectivity index is 2.08. The number of aromatic nitrogens is 2. The number of anilines is 1. The van der Waals surface area contributed by atoms with Crippen molar-refractivity contribution in [3.05, 3.63) is 42.0 Å². The lowest BCUT2D eigenvalue weighted by Gasteiger charge is -2.10. The van der Waals surface area contributed by atoms with Crippen molar-refractivity contribution in [1.29, 1.82) is 0 Å². The van der Waals surface area contributed by atoms with E-state index in [2.05, 4.69) is 9.71 Å². The highest BCUT2D eigenvalue weighted by Crippen LogP contribution is 2.20. The smallest absolute Gasteiger partial charge is 0.240 e. The summed E-state index contributed by atoms with van der Waals surface area (Å²) in [5, 5.41) is 0. The van der Waals surface area contributed by atoms with Crippen LogP contribution in [0.2, 0.25) is 0 Å². The van der Waals surface area contributed by atoms with Crippen LogP contribution in [-0.2, 0) is 23.5 Å². The largest absolute Gasteiger partial charge is 0.398 e. The minimum absolute atomic E-state index is 0.220. The van der Waals surface area contributed by atoms with Gasteiger partial charge in [0.15, 0.2) is 0 Å². The second kappa shape index (κ2) is 5.64. The molecule has 0 atom stereocenters. The van der Waals surface area contributed by atoms with Crippen molar-refractivity contribution < 1.29 is 8.42 Å². The van der Waals surface area contributed by atoms with Crippen molar-refractivity contribution in [2.75, 3.05) is 12.3 Å². The molecule has 0 saturated heterocycles. The molecular weight excluding hydrogens is 276 g/mol. The minimum Gasteiger partial charge on any atom is -0.398 e. The lowest BCUT2D eigenvalue weighted by atomic mass is 10.2. The monoisotopic (exact) mass is 294 g/mol. The zero-order valence-electron chi connectivity index (χ0n) is 11.5. The first-order valence-electron chi connectivity index (χ1n) is 6.23. The average molecular weight is 294 g/mol. The number of imidazole rings is 1. The van der Waals surface area contributed by atoms with Crippen LogP contribution in [0.3, 0.4) is 0 Å².